The van der Waals surface area contributed by atoms with Crippen LogP contribution in [-0.4, -0.2) is 188 Å². The molecule has 0 radical (unpaired) electrons. The number of carboxylic acid groups (broad SMARTS) is 4. The van der Waals surface area contributed by atoms with Crippen molar-refractivity contribution in [3.63, 3.8) is 0 Å². The normalized spacial score (nSPS) is 12.4. The first-order valence-electron chi connectivity index (χ1n) is 28.9. The Balaban J connectivity index is 4.06. The molecule has 0 aromatic rings. The number of ketones is 1. The van der Waals surface area contributed by atoms with Crippen LogP contribution in [0.4, 0.5) is 0 Å². The molecular weight excluding hydrogens is 1080 g/mol. The van der Waals surface area contributed by atoms with Gasteiger partial charge >= 0.3 is 23.9 Å². The van der Waals surface area contributed by atoms with Crippen molar-refractivity contribution in [2.45, 2.75) is 205 Å². The Morgan fingerprint density at radius 1 is 0.317 bits per heavy atom. The molecule has 0 aliphatic heterocycles. The van der Waals surface area contributed by atoms with Crippen LogP contribution in [0.25, 0.3) is 0 Å². The van der Waals surface area contributed by atoms with Crippen LogP contribution in [0.2, 0.25) is 0 Å². The Morgan fingerprint density at radius 3 is 0.976 bits per heavy atom. The molecule has 0 heterocycles. The van der Waals surface area contributed by atoms with Crippen molar-refractivity contribution in [2.24, 2.45) is 0 Å². The molecule has 0 fully saturated rings. The van der Waals surface area contributed by atoms with E-state index in [-0.39, 0.29) is 109 Å². The maximum Gasteiger partial charge on any atom is 0.326 e. The number of carbonyl (C=O) groups is 12. The summed E-state index contributed by atoms with van der Waals surface area (Å²) in [7, 11) is 0. The van der Waals surface area contributed by atoms with Crippen LogP contribution in [0.15, 0.2) is 0 Å². The first-order chi connectivity index (χ1) is 39.2. The fourth-order valence-corrected chi connectivity index (χ4v) is 7.87. The number of hydrogen-bond donors (Lipinski definition) is 11. The lowest BCUT2D eigenvalue weighted by molar-refractivity contribution is -0.144. The van der Waals surface area contributed by atoms with Crippen molar-refractivity contribution in [1.82, 2.24) is 37.2 Å². The van der Waals surface area contributed by atoms with E-state index in [0.29, 0.717) is 19.4 Å². The SMILES string of the molecule is CCCCNC(=O)CC[C@H](NC(=O)CC[C@H](NC(=O)CC[C@H](NC(=O)COCCOCCNC(=O)COCCOCCNC(=O)CC[C@H](NC(=O)CCCCCCCCCCCCCCCCC(C)=O)C(=O)O)C(=O)O)C(=O)O)C(=O)O. The maximum absolute atomic E-state index is 12.5. The second kappa shape index (κ2) is 50.4. The van der Waals surface area contributed by atoms with Crippen LogP contribution in [0.3, 0.4) is 0 Å². The van der Waals surface area contributed by atoms with Gasteiger partial charge in [-0.25, -0.2) is 19.2 Å². The average Bonchev–Trinajstić information content (AvgIpc) is 3.42. The van der Waals surface area contributed by atoms with Gasteiger partial charge in [0, 0.05) is 58.2 Å². The minimum Gasteiger partial charge on any atom is -0.480 e. The van der Waals surface area contributed by atoms with E-state index in [0.717, 1.165) is 51.4 Å². The predicted octanol–water partition coefficient (Wildman–Crippen LogP) is 2.43. The molecular formula is C55H95N7O20. The highest BCUT2D eigenvalue weighted by atomic mass is 16.5. The highest BCUT2D eigenvalue weighted by Gasteiger charge is 2.27. The molecule has 0 aromatic carbocycles. The van der Waals surface area contributed by atoms with E-state index >= 15 is 0 Å². The molecule has 0 saturated carbocycles. The summed E-state index contributed by atoms with van der Waals surface area (Å²) in [6, 6.07) is -5.71. The molecule has 27 heteroatoms. The molecule has 7 amide bonds. The molecule has 82 heavy (non-hydrogen) atoms. The zero-order chi connectivity index (χ0) is 61.2. The highest BCUT2D eigenvalue weighted by Crippen LogP contribution is 2.14. The summed E-state index contributed by atoms with van der Waals surface area (Å²) in [5.41, 5.74) is 0. The van der Waals surface area contributed by atoms with Crippen molar-refractivity contribution in [1.29, 1.82) is 0 Å². The summed E-state index contributed by atoms with van der Waals surface area (Å²) in [6.07, 6.45) is 15.7. The van der Waals surface area contributed by atoms with E-state index in [4.69, 9.17) is 18.9 Å². The number of aliphatic carboxylic acids is 4. The Bertz CT molecular complexity index is 1910. The smallest absolute Gasteiger partial charge is 0.326 e. The molecule has 4 atom stereocenters. The third kappa shape index (κ3) is 46.3. The van der Waals surface area contributed by atoms with Gasteiger partial charge in [-0.1, -0.05) is 90.4 Å². The number of unbranched alkanes of at least 4 members (excludes halogenated alkanes) is 14. The summed E-state index contributed by atoms with van der Waals surface area (Å²) in [5.74, 6) is -9.43. The fraction of sp³-hybridized carbons (Fsp3) is 0.782. The van der Waals surface area contributed by atoms with Gasteiger partial charge in [0.05, 0.1) is 39.6 Å². The summed E-state index contributed by atoms with van der Waals surface area (Å²) < 4.78 is 21.2. The fourth-order valence-electron chi connectivity index (χ4n) is 7.87. The number of rotatable bonds is 56. The molecule has 0 aromatic heterocycles. The standard InChI is InChI=1S/C55H95N7O20/c1-3-4-29-56-45(64)25-21-42(53(73)74)60-48(67)27-23-43(54(75)76)61-49(68)28-24-44(55(77)78)62-51(70)39-82-37-35-80-33-31-58-50(69)38-81-36-34-79-32-30-57-46(65)26-22-41(52(71)72)59-47(66)20-18-16-14-12-10-8-6-5-7-9-11-13-15-17-19-40(2)63/h41-44H,3-39H2,1-2H3,(H,56,64)(H,57,65)(H,58,69)(H,59,66)(H,60,67)(H,61,68)(H,62,70)(H,71,72)(H,73,74)(H,75,76)(H,77,78)/t41-,42-,43-,44-/m0/s1. The largest absolute Gasteiger partial charge is 0.480 e. The van der Waals surface area contributed by atoms with Crippen molar-refractivity contribution < 1.29 is 96.9 Å². The van der Waals surface area contributed by atoms with E-state index < -0.39 is 110 Å². The minimum absolute atomic E-state index is 0.0151. The number of hydrogen-bond acceptors (Lipinski definition) is 16. The van der Waals surface area contributed by atoms with Gasteiger partial charge < -0.3 is 81.4 Å². The van der Waals surface area contributed by atoms with E-state index in [1.807, 2.05) is 6.92 Å². The zero-order valence-electron chi connectivity index (χ0n) is 48.3. The second-order valence-electron chi connectivity index (χ2n) is 19.9. The molecule has 11 N–H and O–H groups in total. The van der Waals surface area contributed by atoms with E-state index in [1.165, 1.54) is 44.9 Å². The maximum atomic E-state index is 12.5. The molecule has 470 valence electrons. The number of ether oxygens (including phenoxy) is 4. The molecule has 0 bridgehead atoms. The molecule has 0 aliphatic rings. The van der Waals surface area contributed by atoms with E-state index in [1.54, 1.807) is 6.92 Å². The third-order valence-electron chi connectivity index (χ3n) is 12.6. The molecule has 0 unspecified atom stereocenters. The Hall–Kier alpha value is -6.32. The van der Waals surface area contributed by atoms with E-state index in [9.17, 15) is 78.0 Å². The van der Waals surface area contributed by atoms with Crippen LogP contribution in [0, 0.1) is 0 Å². The number of carbonyl (C=O) groups excluding carboxylic acids is 8. The van der Waals surface area contributed by atoms with Gasteiger partial charge in [0.2, 0.25) is 41.4 Å². The highest BCUT2D eigenvalue weighted by molar-refractivity contribution is 5.88. The molecule has 27 nitrogen and oxygen atoms in total. The molecule has 0 saturated heterocycles. The van der Waals surface area contributed by atoms with E-state index in [2.05, 4.69) is 37.2 Å². The average molecular weight is 1170 g/mol. The van der Waals surface area contributed by atoms with Crippen LogP contribution < -0.4 is 37.2 Å². The van der Waals surface area contributed by atoms with Crippen LogP contribution in [0.5, 0.6) is 0 Å². The topological polar surface area (TPSA) is 407 Å². The van der Waals surface area contributed by atoms with Crippen molar-refractivity contribution in [3.8, 4) is 0 Å². The Morgan fingerprint density at radius 2 is 0.610 bits per heavy atom. The predicted molar refractivity (Wildman–Crippen MR) is 297 cm³/mol. The quantitative estimate of drug-likeness (QED) is 0.0390. The first kappa shape index (κ1) is 75.7. The van der Waals surface area contributed by atoms with Gasteiger partial charge in [0.15, 0.2) is 0 Å². The number of nitrogens with one attached hydrogen (secondary N) is 7. The number of Topliss-reactive ketones (excluding diaryl/α,β-unsaturated/α-hetero) is 1. The zero-order valence-corrected chi connectivity index (χ0v) is 48.3. The monoisotopic (exact) mass is 1170 g/mol. The molecule has 0 spiro atoms. The molecule has 0 rings (SSSR count). The number of carboxylic acids is 4. The van der Waals surface area contributed by atoms with Gasteiger partial charge in [0.1, 0.15) is 43.2 Å². The lowest BCUT2D eigenvalue weighted by Crippen LogP contribution is -2.45. The summed E-state index contributed by atoms with van der Waals surface area (Å²) >= 11 is 0. The lowest BCUT2D eigenvalue weighted by Gasteiger charge is -2.18. The van der Waals surface area contributed by atoms with Gasteiger partial charge in [-0.3, -0.25) is 33.6 Å². The summed E-state index contributed by atoms with van der Waals surface area (Å²) in [6.45, 7) is 3.84. The van der Waals surface area contributed by atoms with Crippen molar-refractivity contribution >= 4 is 71.0 Å². The lowest BCUT2D eigenvalue weighted by atomic mass is 10.0. The van der Waals surface area contributed by atoms with Crippen LogP contribution in [-0.2, 0) is 76.5 Å². The second-order valence-corrected chi connectivity index (χ2v) is 19.9. The third-order valence-corrected chi connectivity index (χ3v) is 12.6. The molecule has 0 aliphatic carbocycles. The minimum atomic E-state index is -1.58. The number of amides is 7. The Labute approximate surface area is 481 Å². The van der Waals surface area contributed by atoms with Gasteiger partial charge in [-0.2, -0.15) is 0 Å². The van der Waals surface area contributed by atoms with Crippen LogP contribution in [0.1, 0.15) is 181 Å². The van der Waals surface area contributed by atoms with Crippen LogP contribution >= 0.6 is 0 Å². The first-order valence-corrected chi connectivity index (χ1v) is 28.9. The van der Waals surface area contributed by atoms with Gasteiger partial charge in [-0.15, -0.1) is 0 Å². The van der Waals surface area contributed by atoms with Gasteiger partial charge in [-0.05, 0) is 51.9 Å². The van der Waals surface area contributed by atoms with Crippen molar-refractivity contribution in [2.75, 3.05) is 72.5 Å². The van der Waals surface area contributed by atoms with Crippen molar-refractivity contribution in [3.05, 3.63) is 0 Å². The Kier molecular flexibility index (Phi) is 46.5. The summed E-state index contributed by atoms with van der Waals surface area (Å²) in [4.78, 5) is 144. The summed E-state index contributed by atoms with van der Waals surface area (Å²) in [5, 5.41) is 55.1. The van der Waals surface area contributed by atoms with Gasteiger partial charge in [0.25, 0.3) is 0 Å².